The molecule has 146 valence electrons. The topological polar surface area (TPSA) is 55.4 Å². The molecule has 0 aromatic heterocycles. The molecule has 2 saturated carbocycles. The van der Waals surface area contributed by atoms with Gasteiger partial charge >= 0.3 is 8.56 Å². The predicted molar refractivity (Wildman–Crippen MR) is 94.1 cm³/mol. The fourth-order valence-corrected chi connectivity index (χ4v) is 5.46. The summed E-state index contributed by atoms with van der Waals surface area (Å²) in [6, 6.07) is 1.52. The van der Waals surface area contributed by atoms with Crippen LogP contribution in [0.25, 0.3) is 0 Å². The summed E-state index contributed by atoms with van der Waals surface area (Å²) in [4.78, 5) is 23.8. The van der Waals surface area contributed by atoms with Crippen LogP contribution in [0.15, 0.2) is 0 Å². The molecule has 1 aliphatic heterocycles. The van der Waals surface area contributed by atoms with E-state index < -0.39 is 20.1 Å². The lowest BCUT2D eigenvalue weighted by atomic mass is 10.1. The van der Waals surface area contributed by atoms with E-state index in [4.69, 9.17) is 28.7 Å². The SMILES string of the molecule is CC[Si]1(CC)OOC2(CCCCCC2)OOC2(CCCCCC2)OO1. The van der Waals surface area contributed by atoms with E-state index in [-0.39, 0.29) is 0 Å². The molecular weight excluding hydrogens is 340 g/mol. The lowest BCUT2D eigenvalue weighted by molar-refractivity contribution is -0.551. The molecule has 0 aromatic carbocycles. The zero-order valence-electron chi connectivity index (χ0n) is 15.8. The van der Waals surface area contributed by atoms with Gasteiger partial charge in [0.25, 0.3) is 0 Å². The van der Waals surface area contributed by atoms with E-state index in [0.29, 0.717) is 0 Å². The van der Waals surface area contributed by atoms with E-state index in [9.17, 15) is 0 Å². The lowest BCUT2D eigenvalue weighted by Crippen LogP contribution is -2.45. The van der Waals surface area contributed by atoms with Crippen LogP contribution >= 0.6 is 0 Å². The van der Waals surface area contributed by atoms with Crippen molar-refractivity contribution >= 4 is 8.56 Å². The molecule has 7 heteroatoms. The molecule has 0 radical (unpaired) electrons. The van der Waals surface area contributed by atoms with Gasteiger partial charge < -0.3 is 0 Å². The van der Waals surface area contributed by atoms with Gasteiger partial charge in [-0.2, -0.15) is 9.78 Å². The fourth-order valence-electron chi connectivity index (χ4n) is 3.85. The van der Waals surface area contributed by atoms with Gasteiger partial charge in [-0.1, -0.05) is 39.5 Å². The fraction of sp³-hybridized carbons (Fsp3) is 1.00. The summed E-state index contributed by atoms with van der Waals surface area (Å²) in [5.41, 5.74) is 0. The lowest BCUT2D eigenvalue weighted by Gasteiger charge is -2.34. The Morgan fingerprint density at radius 2 is 0.920 bits per heavy atom. The maximum Gasteiger partial charge on any atom is 0.409 e. The van der Waals surface area contributed by atoms with Crippen molar-refractivity contribution in [2.75, 3.05) is 0 Å². The maximum absolute atomic E-state index is 5.97. The summed E-state index contributed by atoms with van der Waals surface area (Å²) in [5.74, 6) is -1.68. The van der Waals surface area contributed by atoms with E-state index >= 15 is 0 Å². The highest BCUT2D eigenvalue weighted by molar-refractivity contribution is 6.66. The molecule has 3 fully saturated rings. The van der Waals surface area contributed by atoms with Crippen molar-refractivity contribution in [3.05, 3.63) is 0 Å². The minimum Gasteiger partial charge on any atom is -0.245 e. The zero-order valence-corrected chi connectivity index (χ0v) is 16.8. The number of rotatable bonds is 2. The summed E-state index contributed by atoms with van der Waals surface area (Å²) in [7, 11) is -2.60. The largest absolute Gasteiger partial charge is 0.409 e. The molecule has 6 nitrogen and oxygen atoms in total. The second-order valence-electron chi connectivity index (χ2n) is 7.77. The Morgan fingerprint density at radius 3 is 1.24 bits per heavy atom. The summed E-state index contributed by atoms with van der Waals surface area (Å²) in [6.07, 6.45) is 12.1. The highest BCUT2D eigenvalue weighted by atomic mass is 28.4. The van der Waals surface area contributed by atoms with Crippen molar-refractivity contribution in [2.24, 2.45) is 0 Å². The molecule has 0 atom stereocenters. The van der Waals surface area contributed by atoms with Gasteiger partial charge in [0, 0.05) is 25.7 Å². The van der Waals surface area contributed by atoms with Crippen LogP contribution in [-0.2, 0) is 28.7 Å². The Kier molecular flexibility index (Phi) is 6.93. The Hall–Kier alpha value is -0.0231. The molecule has 3 rings (SSSR count). The maximum atomic E-state index is 5.97. The molecular formula is C18H34O6Si. The van der Waals surface area contributed by atoms with E-state index in [1.165, 1.54) is 25.7 Å². The van der Waals surface area contributed by atoms with Crippen molar-refractivity contribution in [1.82, 2.24) is 0 Å². The molecule has 25 heavy (non-hydrogen) atoms. The third-order valence-electron chi connectivity index (χ3n) is 5.84. The van der Waals surface area contributed by atoms with E-state index in [1.807, 2.05) is 0 Å². The van der Waals surface area contributed by atoms with Crippen molar-refractivity contribution in [2.45, 2.75) is 115 Å². The summed E-state index contributed by atoms with van der Waals surface area (Å²) in [5, 5.41) is 0. The third-order valence-corrected chi connectivity index (χ3v) is 8.77. The molecule has 0 bridgehead atoms. The third kappa shape index (κ3) is 4.83. The predicted octanol–water partition coefficient (Wildman–Crippen LogP) is 5.43. The smallest absolute Gasteiger partial charge is 0.245 e. The molecule has 0 N–H and O–H groups in total. The standard InChI is InChI=1S/C18H34O6Si/c1-3-25(4-2)23-21-17(13-9-5-6-10-14-17)19-20-18(22-24-25)15-11-7-8-12-16-18/h3-16H2,1-2H3. The van der Waals surface area contributed by atoms with Gasteiger partial charge in [-0.25, -0.2) is 18.9 Å². The van der Waals surface area contributed by atoms with Crippen LogP contribution in [0.4, 0.5) is 0 Å². The molecule has 0 amide bonds. The molecule has 0 aromatic rings. The molecule has 1 heterocycles. The summed E-state index contributed by atoms with van der Waals surface area (Å²) in [6.45, 7) is 4.14. The Morgan fingerprint density at radius 1 is 0.560 bits per heavy atom. The van der Waals surface area contributed by atoms with Gasteiger partial charge in [0.15, 0.2) is 0 Å². The monoisotopic (exact) mass is 374 g/mol. The van der Waals surface area contributed by atoms with Crippen molar-refractivity contribution < 1.29 is 28.7 Å². The first kappa shape index (κ1) is 19.7. The van der Waals surface area contributed by atoms with Crippen LogP contribution < -0.4 is 0 Å². The molecule has 1 saturated heterocycles. The van der Waals surface area contributed by atoms with Gasteiger partial charge in [0.05, 0.1) is 0 Å². The quantitative estimate of drug-likeness (QED) is 0.475. The highest BCUT2D eigenvalue weighted by Gasteiger charge is 2.50. The molecule has 2 aliphatic carbocycles. The van der Waals surface area contributed by atoms with Crippen LogP contribution in [-0.4, -0.2) is 20.1 Å². The van der Waals surface area contributed by atoms with E-state index in [1.54, 1.807) is 0 Å². The Balaban J connectivity index is 1.84. The van der Waals surface area contributed by atoms with Gasteiger partial charge in [-0.3, -0.25) is 0 Å². The van der Waals surface area contributed by atoms with Crippen LogP contribution in [0, 0.1) is 0 Å². The van der Waals surface area contributed by atoms with Crippen molar-refractivity contribution in [1.29, 1.82) is 0 Å². The van der Waals surface area contributed by atoms with Crippen molar-refractivity contribution in [3.8, 4) is 0 Å². The van der Waals surface area contributed by atoms with Crippen LogP contribution in [0.3, 0.4) is 0 Å². The average Bonchev–Trinajstić information content (AvgIpc) is 3.00. The van der Waals surface area contributed by atoms with Crippen molar-refractivity contribution in [3.63, 3.8) is 0 Å². The zero-order chi connectivity index (χ0) is 17.6. The minimum atomic E-state index is -2.60. The molecule has 0 unspecified atom stereocenters. The minimum absolute atomic E-state index is 0.760. The van der Waals surface area contributed by atoms with E-state index in [2.05, 4.69) is 13.8 Å². The summed E-state index contributed by atoms with van der Waals surface area (Å²) >= 11 is 0. The van der Waals surface area contributed by atoms with Crippen LogP contribution in [0.1, 0.15) is 90.9 Å². The van der Waals surface area contributed by atoms with Gasteiger partial charge in [0.1, 0.15) is 0 Å². The molecule has 2 spiro atoms. The second kappa shape index (κ2) is 8.78. The first-order valence-electron chi connectivity index (χ1n) is 10.3. The first-order valence-corrected chi connectivity index (χ1v) is 12.5. The number of hydrogen-bond donors (Lipinski definition) is 0. The first-order chi connectivity index (χ1) is 12.2. The average molecular weight is 375 g/mol. The Labute approximate surface area is 152 Å². The second-order valence-corrected chi connectivity index (χ2v) is 11.3. The van der Waals surface area contributed by atoms with Gasteiger partial charge in [-0.05, 0) is 37.8 Å². The van der Waals surface area contributed by atoms with E-state index in [0.717, 1.165) is 63.5 Å². The number of hydrogen-bond acceptors (Lipinski definition) is 6. The highest BCUT2D eigenvalue weighted by Crippen LogP contribution is 2.41. The Bertz CT molecular complexity index is 364. The van der Waals surface area contributed by atoms with Gasteiger partial charge in [-0.15, -0.1) is 0 Å². The summed E-state index contributed by atoms with van der Waals surface area (Å²) < 4.78 is 11.9. The normalized spacial score (nSPS) is 30.0. The van der Waals surface area contributed by atoms with Crippen LogP contribution in [0.2, 0.25) is 12.1 Å². The molecule has 3 aliphatic rings. The van der Waals surface area contributed by atoms with Crippen LogP contribution in [0.5, 0.6) is 0 Å². The van der Waals surface area contributed by atoms with Gasteiger partial charge in [0.2, 0.25) is 11.6 Å².